The molecule has 1 unspecified atom stereocenters. The van der Waals surface area contributed by atoms with Crippen LogP contribution in [0.5, 0.6) is 0 Å². The maximum absolute atomic E-state index is 9.67. The zero-order valence-corrected chi connectivity index (χ0v) is 5.32. The van der Waals surface area contributed by atoms with Gasteiger partial charge in [-0.25, -0.2) is 0 Å². The summed E-state index contributed by atoms with van der Waals surface area (Å²) < 4.78 is 0. The van der Waals surface area contributed by atoms with Gasteiger partial charge in [-0.2, -0.15) is 0 Å². The summed E-state index contributed by atoms with van der Waals surface area (Å²) in [5.41, 5.74) is 0. The van der Waals surface area contributed by atoms with E-state index in [4.69, 9.17) is 5.11 Å². The predicted molar refractivity (Wildman–Crippen MR) is 36.0 cm³/mol. The summed E-state index contributed by atoms with van der Waals surface area (Å²) in [5.74, 6) is 0. The van der Waals surface area contributed by atoms with Crippen LogP contribution in [0.2, 0.25) is 0 Å². The molecule has 0 saturated heterocycles. The van der Waals surface area contributed by atoms with Crippen molar-refractivity contribution < 1.29 is 9.90 Å². The van der Waals surface area contributed by atoms with Crippen LogP contribution in [0.15, 0.2) is 24.3 Å². The van der Waals surface area contributed by atoms with Gasteiger partial charge in [0, 0.05) is 0 Å². The smallest absolute Gasteiger partial charge is 0.142 e. The number of rotatable bonds is 3. The van der Waals surface area contributed by atoms with Crippen LogP contribution in [0.3, 0.4) is 0 Å². The molecule has 0 aliphatic carbocycles. The number of hydrogen-bond acceptors (Lipinski definition) is 2. The van der Waals surface area contributed by atoms with Crippen LogP contribution in [0.25, 0.3) is 0 Å². The second kappa shape index (κ2) is 5.25. The lowest BCUT2D eigenvalue weighted by Crippen LogP contribution is -1.90. The number of aldehydes is 1. The molecule has 0 aromatic rings. The number of carbonyl (C=O) groups excluding carboxylic acids is 1. The van der Waals surface area contributed by atoms with Crippen molar-refractivity contribution in [1.29, 1.82) is 0 Å². The third-order valence-electron chi connectivity index (χ3n) is 0.690. The van der Waals surface area contributed by atoms with E-state index >= 15 is 0 Å². The number of carbonyl (C=O) groups is 1. The average Bonchev–Trinajstić information content (AvgIpc) is 1.80. The summed E-state index contributed by atoms with van der Waals surface area (Å²) in [6.07, 6.45) is 6.38. The Kier molecular flexibility index (Phi) is 4.73. The minimum atomic E-state index is -0.443. The predicted octanol–water partition coefficient (Wildman–Crippen LogP) is 0.678. The highest BCUT2D eigenvalue weighted by molar-refractivity contribution is 5.65. The molecule has 0 fully saturated rings. The summed E-state index contributed by atoms with van der Waals surface area (Å²) in [6.45, 7) is 1.64. The van der Waals surface area contributed by atoms with Gasteiger partial charge in [0.2, 0.25) is 0 Å². The molecular formula is C7H10O2. The molecule has 0 aromatic carbocycles. The molecule has 0 aliphatic rings. The van der Waals surface area contributed by atoms with Crippen molar-refractivity contribution in [1.82, 2.24) is 0 Å². The fourth-order valence-electron chi connectivity index (χ4n) is 0.334. The van der Waals surface area contributed by atoms with Crippen LogP contribution in [0.4, 0.5) is 0 Å². The summed E-state index contributed by atoms with van der Waals surface area (Å²) in [7, 11) is 0. The molecule has 0 aliphatic heterocycles. The SMILES string of the molecule is CC(O)C=CC=CC=O. The molecular weight excluding hydrogens is 116 g/mol. The van der Waals surface area contributed by atoms with E-state index in [0.717, 1.165) is 0 Å². The highest BCUT2D eigenvalue weighted by Gasteiger charge is 1.79. The monoisotopic (exact) mass is 126 g/mol. The van der Waals surface area contributed by atoms with E-state index in [0.29, 0.717) is 6.29 Å². The number of allylic oxidation sites excluding steroid dienone is 3. The Morgan fingerprint density at radius 2 is 2.00 bits per heavy atom. The first kappa shape index (κ1) is 8.11. The lowest BCUT2D eigenvalue weighted by molar-refractivity contribution is -0.104. The molecule has 2 nitrogen and oxygen atoms in total. The highest BCUT2D eigenvalue weighted by atomic mass is 16.3. The molecule has 0 amide bonds. The summed E-state index contributed by atoms with van der Waals surface area (Å²) in [6, 6.07) is 0. The average molecular weight is 126 g/mol. The van der Waals surface area contributed by atoms with E-state index in [1.165, 1.54) is 6.08 Å². The van der Waals surface area contributed by atoms with Crippen LogP contribution in [0, 0.1) is 0 Å². The minimum Gasteiger partial charge on any atom is -0.389 e. The van der Waals surface area contributed by atoms with Crippen molar-refractivity contribution in [2.24, 2.45) is 0 Å². The Morgan fingerprint density at radius 1 is 1.33 bits per heavy atom. The molecule has 0 heterocycles. The molecule has 0 radical (unpaired) electrons. The van der Waals surface area contributed by atoms with E-state index in [2.05, 4.69) is 0 Å². The molecule has 0 rings (SSSR count). The molecule has 1 N–H and O–H groups in total. The third-order valence-corrected chi connectivity index (χ3v) is 0.690. The Morgan fingerprint density at radius 3 is 2.44 bits per heavy atom. The van der Waals surface area contributed by atoms with Crippen LogP contribution in [0.1, 0.15) is 6.92 Å². The van der Waals surface area contributed by atoms with Crippen molar-refractivity contribution in [2.45, 2.75) is 13.0 Å². The standard InChI is InChI=1S/C7H10O2/c1-7(9)5-3-2-4-6-8/h2-7,9H,1H3. The summed E-state index contributed by atoms with van der Waals surface area (Å²) in [5, 5.41) is 8.64. The molecule has 0 bridgehead atoms. The van der Waals surface area contributed by atoms with Gasteiger partial charge in [-0.15, -0.1) is 0 Å². The Bertz CT molecular complexity index is 123. The van der Waals surface area contributed by atoms with Gasteiger partial charge in [0.1, 0.15) is 6.29 Å². The normalized spacial score (nSPS) is 14.9. The molecule has 1 atom stereocenters. The van der Waals surface area contributed by atoms with E-state index < -0.39 is 6.10 Å². The quantitative estimate of drug-likeness (QED) is 0.343. The Hall–Kier alpha value is -0.890. The van der Waals surface area contributed by atoms with Gasteiger partial charge in [0.25, 0.3) is 0 Å². The van der Waals surface area contributed by atoms with Crippen LogP contribution in [-0.4, -0.2) is 17.5 Å². The zero-order valence-electron chi connectivity index (χ0n) is 5.32. The van der Waals surface area contributed by atoms with Crippen molar-refractivity contribution >= 4 is 6.29 Å². The van der Waals surface area contributed by atoms with Gasteiger partial charge in [0.05, 0.1) is 6.10 Å². The van der Waals surface area contributed by atoms with Crippen LogP contribution >= 0.6 is 0 Å². The van der Waals surface area contributed by atoms with Crippen molar-refractivity contribution in [2.75, 3.05) is 0 Å². The first-order valence-electron chi connectivity index (χ1n) is 2.74. The van der Waals surface area contributed by atoms with E-state index in [-0.39, 0.29) is 0 Å². The molecule has 0 aromatic heterocycles. The molecule has 2 heteroatoms. The maximum Gasteiger partial charge on any atom is 0.142 e. The number of hydrogen-bond donors (Lipinski definition) is 1. The molecule has 0 spiro atoms. The first-order valence-corrected chi connectivity index (χ1v) is 2.74. The van der Waals surface area contributed by atoms with Gasteiger partial charge < -0.3 is 5.11 Å². The largest absolute Gasteiger partial charge is 0.389 e. The lowest BCUT2D eigenvalue weighted by atomic mass is 10.3. The van der Waals surface area contributed by atoms with Crippen molar-refractivity contribution in [3.8, 4) is 0 Å². The maximum atomic E-state index is 9.67. The van der Waals surface area contributed by atoms with Crippen molar-refractivity contribution in [3.05, 3.63) is 24.3 Å². The summed E-state index contributed by atoms with van der Waals surface area (Å²) >= 11 is 0. The fraction of sp³-hybridized carbons (Fsp3) is 0.286. The second-order valence-electron chi connectivity index (χ2n) is 1.65. The van der Waals surface area contributed by atoms with Crippen molar-refractivity contribution in [3.63, 3.8) is 0 Å². The van der Waals surface area contributed by atoms with Crippen LogP contribution < -0.4 is 0 Å². The molecule has 50 valence electrons. The minimum absolute atomic E-state index is 0.443. The Balaban J connectivity index is 3.46. The topological polar surface area (TPSA) is 37.3 Å². The summed E-state index contributed by atoms with van der Waals surface area (Å²) in [4.78, 5) is 9.67. The lowest BCUT2D eigenvalue weighted by Gasteiger charge is -1.88. The number of aliphatic hydroxyl groups excluding tert-OH is 1. The second-order valence-corrected chi connectivity index (χ2v) is 1.65. The third kappa shape index (κ3) is 7.11. The van der Waals surface area contributed by atoms with Gasteiger partial charge in [-0.1, -0.05) is 18.2 Å². The number of aliphatic hydroxyl groups is 1. The van der Waals surface area contributed by atoms with Crippen LogP contribution in [-0.2, 0) is 4.79 Å². The van der Waals surface area contributed by atoms with E-state index in [1.807, 2.05) is 0 Å². The molecule has 0 saturated carbocycles. The van der Waals surface area contributed by atoms with Gasteiger partial charge >= 0.3 is 0 Å². The zero-order chi connectivity index (χ0) is 7.11. The first-order chi connectivity index (χ1) is 4.27. The van der Waals surface area contributed by atoms with Gasteiger partial charge in [-0.3, -0.25) is 4.79 Å². The van der Waals surface area contributed by atoms with Gasteiger partial charge in [0.15, 0.2) is 0 Å². The van der Waals surface area contributed by atoms with E-state index in [1.54, 1.807) is 25.2 Å². The van der Waals surface area contributed by atoms with Gasteiger partial charge in [-0.05, 0) is 13.0 Å². The Labute approximate surface area is 54.5 Å². The highest BCUT2D eigenvalue weighted by Crippen LogP contribution is 1.82. The van der Waals surface area contributed by atoms with E-state index in [9.17, 15) is 4.79 Å². The molecule has 9 heavy (non-hydrogen) atoms. The fourth-order valence-corrected chi connectivity index (χ4v) is 0.334.